The van der Waals surface area contributed by atoms with Gasteiger partial charge in [-0.05, 0) is 38.8 Å². The molecule has 0 aromatic carbocycles. The lowest BCUT2D eigenvalue weighted by molar-refractivity contribution is 0.00610. The van der Waals surface area contributed by atoms with Gasteiger partial charge in [-0.15, -0.1) is 0 Å². The van der Waals surface area contributed by atoms with Gasteiger partial charge in [-0.2, -0.15) is 0 Å². The summed E-state index contributed by atoms with van der Waals surface area (Å²) in [6, 6.07) is 0. The maximum atomic E-state index is 10.5. The van der Waals surface area contributed by atoms with E-state index in [1.807, 2.05) is 7.05 Å². The lowest BCUT2D eigenvalue weighted by atomic mass is 9.84. The van der Waals surface area contributed by atoms with E-state index in [-0.39, 0.29) is 0 Å². The summed E-state index contributed by atoms with van der Waals surface area (Å²) in [5.41, 5.74) is -0.102. The first-order valence-corrected chi connectivity index (χ1v) is 7.49. The van der Waals surface area contributed by atoms with Gasteiger partial charge >= 0.3 is 0 Å². The Balaban J connectivity index is 2.47. The predicted molar refractivity (Wildman–Crippen MR) is 77.9 cm³/mol. The van der Waals surface area contributed by atoms with E-state index in [1.165, 1.54) is 25.7 Å². The summed E-state index contributed by atoms with van der Waals surface area (Å²) >= 11 is 0. The second-order valence-corrected chi connectivity index (χ2v) is 6.69. The van der Waals surface area contributed by atoms with Gasteiger partial charge in [-0.3, -0.25) is 0 Å². The number of hydrogen-bond acceptors (Lipinski definition) is 3. The van der Waals surface area contributed by atoms with E-state index in [2.05, 4.69) is 31.1 Å². The molecule has 1 aliphatic rings. The molecule has 0 saturated heterocycles. The smallest absolute Gasteiger partial charge is 0.0774 e. The number of nitrogens with zero attached hydrogens (tertiary/aromatic N) is 1. The first-order valence-electron chi connectivity index (χ1n) is 7.49. The Hall–Kier alpha value is -0.120. The Kier molecular flexibility index (Phi) is 6.09. The lowest BCUT2D eigenvalue weighted by Gasteiger charge is -2.36. The molecule has 0 spiro atoms. The lowest BCUT2D eigenvalue weighted by Crippen LogP contribution is -2.46. The van der Waals surface area contributed by atoms with Crippen LogP contribution >= 0.6 is 0 Å². The molecule has 18 heavy (non-hydrogen) atoms. The summed E-state index contributed by atoms with van der Waals surface area (Å²) in [6.07, 6.45) is 6.79. The van der Waals surface area contributed by atoms with Gasteiger partial charge in [0.1, 0.15) is 0 Å². The average Bonchev–Trinajstić information content (AvgIpc) is 2.64. The van der Waals surface area contributed by atoms with Crippen molar-refractivity contribution >= 4 is 0 Å². The van der Waals surface area contributed by atoms with E-state index in [1.54, 1.807) is 0 Å². The highest BCUT2D eigenvalue weighted by Gasteiger charge is 2.34. The number of aliphatic hydroxyl groups is 1. The minimum absolute atomic E-state index is 0.313. The molecule has 0 aromatic heterocycles. The van der Waals surface area contributed by atoms with Crippen LogP contribution in [0.4, 0.5) is 0 Å². The maximum absolute atomic E-state index is 10.5. The zero-order valence-corrected chi connectivity index (χ0v) is 12.8. The average molecular weight is 256 g/mol. The Morgan fingerprint density at radius 3 is 2.44 bits per heavy atom. The van der Waals surface area contributed by atoms with Crippen LogP contribution < -0.4 is 5.32 Å². The van der Waals surface area contributed by atoms with Crippen LogP contribution in [0.3, 0.4) is 0 Å². The van der Waals surface area contributed by atoms with Crippen molar-refractivity contribution in [2.45, 2.75) is 58.0 Å². The van der Waals surface area contributed by atoms with Gasteiger partial charge in [0.2, 0.25) is 0 Å². The molecule has 0 bridgehead atoms. The molecule has 108 valence electrons. The molecule has 1 fully saturated rings. The molecule has 3 heteroatoms. The van der Waals surface area contributed by atoms with Crippen LogP contribution in [0.5, 0.6) is 0 Å². The highest BCUT2D eigenvalue weighted by Crippen LogP contribution is 2.31. The molecule has 0 amide bonds. The summed E-state index contributed by atoms with van der Waals surface area (Å²) in [5, 5.41) is 13.8. The van der Waals surface area contributed by atoms with Crippen molar-refractivity contribution in [3.63, 3.8) is 0 Å². The normalized spacial score (nSPS) is 22.3. The molecular weight excluding hydrogens is 224 g/mol. The van der Waals surface area contributed by atoms with Gasteiger partial charge in [0, 0.05) is 19.6 Å². The van der Waals surface area contributed by atoms with Crippen molar-refractivity contribution in [3.05, 3.63) is 0 Å². The minimum Gasteiger partial charge on any atom is -0.389 e. The van der Waals surface area contributed by atoms with Gasteiger partial charge < -0.3 is 15.3 Å². The molecule has 0 aromatic rings. The molecule has 2 N–H and O–H groups in total. The zero-order valence-electron chi connectivity index (χ0n) is 12.8. The molecule has 1 saturated carbocycles. The number of rotatable bonds is 8. The van der Waals surface area contributed by atoms with E-state index in [4.69, 9.17) is 0 Å². The highest BCUT2D eigenvalue weighted by molar-refractivity contribution is 4.88. The van der Waals surface area contributed by atoms with Crippen LogP contribution in [0, 0.1) is 5.41 Å². The molecule has 0 aliphatic heterocycles. The van der Waals surface area contributed by atoms with Crippen molar-refractivity contribution < 1.29 is 5.11 Å². The number of hydrogen-bond donors (Lipinski definition) is 2. The molecular formula is C15H32N2O. The monoisotopic (exact) mass is 256 g/mol. The summed E-state index contributed by atoms with van der Waals surface area (Å²) in [4.78, 5) is 2.33. The molecule has 1 atom stereocenters. The predicted octanol–water partition coefficient (Wildman–Crippen LogP) is 2.25. The van der Waals surface area contributed by atoms with Gasteiger partial charge in [0.25, 0.3) is 0 Å². The Morgan fingerprint density at radius 1 is 1.33 bits per heavy atom. The highest BCUT2D eigenvalue weighted by atomic mass is 16.3. The first-order chi connectivity index (χ1) is 8.43. The van der Waals surface area contributed by atoms with Crippen LogP contribution in [0.15, 0.2) is 0 Å². The van der Waals surface area contributed by atoms with E-state index in [0.717, 1.165) is 32.5 Å². The Bertz CT molecular complexity index is 231. The summed E-state index contributed by atoms with van der Waals surface area (Å²) in [6.45, 7) is 7.53. The fourth-order valence-corrected chi connectivity index (χ4v) is 3.65. The summed E-state index contributed by atoms with van der Waals surface area (Å²) in [5.74, 6) is 0. The molecule has 3 nitrogen and oxygen atoms in total. The SMILES string of the molecule is CCCC(C)(CNC)CN(C)CC1(O)CCCC1. The zero-order chi connectivity index (χ0) is 13.6. The second-order valence-electron chi connectivity index (χ2n) is 6.69. The fraction of sp³-hybridized carbons (Fsp3) is 1.00. The van der Waals surface area contributed by atoms with Crippen LogP contribution in [0.1, 0.15) is 52.4 Å². The van der Waals surface area contributed by atoms with Gasteiger partial charge in [-0.25, -0.2) is 0 Å². The molecule has 1 aliphatic carbocycles. The van der Waals surface area contributed by atoms with Crippen LogP contribution in [-0.4, -0.2) is 49.3 Å². The topological polar surface area (TPSA) is 35.5 Å². The second kappa shape index (κ2) is 6.88. The Labute approximate surface area is 113 Å². The third-order valence-electron chi connectivity index (χ3n) is 4.21. The van der Waals surface area contributed by atoms with Crippen LogP contribution in [0.25, 0.3) is 0 Å². The summed E-state index contributed by atoms with van der Waals surface area (Å²) < 4.78 is 0. The van der Waals surface area contributed by atoms with Crippen LogP contribution in [0.2, 0.25) is 0 Å². The van der Waals surface area contributed by atoms with Gasteiger partial charge in [0.15, 0.2) is 0 Å². The fourth-order valence-electron chi connectivity index (χ4n) is 3.65. The number of likely N-dealkylation sites (N-methyl/N-ethyl adjacent to an activating group) is 1. The number of nitrogens with one attached hydrogen (secondary N) is 1. The molecule has 1 rings (SSSR count). The Morgan fingerprint density at radius 2 is 1.94 bits per heavy atom. The molecule has 0 heterocycles. The maximum Gasteiger partial charge on any atom is 0.0774 e. The third-order valence-corrected chi connectivity index (χ3v) is 4.21. The largest absolute Gasteiger partial charge is 0.389 e. The van der Waals surface area contributed by atoms with E-state index >= 15 is 0 Å². The van der Waals surface area contributed by atoms with E-state index in [9.17, 15) is 5.11 Å². The van der Waals surface area contributed by atoms with Crippen LogP contribution in [-0.2, 0) is 0 Å². The van der Waals surface area contributed by atoms with E-state index < -0.39 is 5.60 Å². The van der Waals surface area contributed by atoms with Gasteiger partial charge in [0.05, 0.1) is 5.60 Å². The van der Waals surface area contributed by atoms with Crippen molar-refractivity contribution in [1.29, 1.82) is 0 Å². The summed E-state index contributed by atoms with van der Waals surface area (Å²) in [7, 11) is 4.18. The quantitative estimate of drug-likeness (QED) is 0.699. The molecule has 0 radical (unpaired) electrons. The van der Waals surface area contributed by atoms with E-state index in [0.29, 0.717) is 5.41 Å². The third kappa shape index (κ3) is 4.87. The molecule has 1 unspecified atom stereocenters. The minimum atomic E-state index is -0.415. The van der Waals surface area contributed by atoms with Crippen molar-refractivity contribution in [2.75, 3.05) is 33.7 Å². The van der Waals surface area contributed by atoms with Gasteiger partial charge in [-0.1, -0.05) is 33.1 Å². The van der Waals surface area contributed by atoms with Crippen molar-refractivity contribution in [2.24, 2.45) is 5.41 Å². The standard InChI is InChI=1S/C15H32N2O/c1-5-8-14(2,11-16-3)12-17(4)13-15(18)9-6-7-10-15/h16,18H,5-13H2,1-4H3. The van der Waals surface area contributed by atoms with Crippen molar-refractivity contribution in [1.82, 2.24) is 10.2 Å². The first kappa shape index (κ1) is 15.9. The van der Waals surface area contributed by atoms with Crippen molar-refractivity contribution in [3.8, 4) is 0 Å².